The van der Waals surface area contributed by atoms with Crippen LogP contribution in [0.1, 0.15) is 31.5 Å². The Labute approximate surface area is 128 Å². The van der Waals surface area contributed by atoms with E-state index in [0.29, 0.717) is 11.8 Å². The maximum Gasteiger partial charge on any atom is 0.254 e. The smallest absolute Gasteiger partial charge is 0.254 e. The number of hydrogen-bond acceptors (Lipinski definition) is 5. The molecule has 114 valence electrons. The monoisotopic (exact) mass is 297 g/mol. The number of anilines is 1. The van der Waals surface area contributed by atoms with Crippen molar-refractivity contribution in [3.8, 4) is 0 Å². The van der Waals surface area contributed by atoms with Gasteiger partial charge in [-0.1, -0.05) is 6.92 Å². The maximum atomic E-state index is 4.52. The van der Waals surface area contributed by atoms with Crippen molar-refractivity contribution < 1.29 is 0 Å². The summed E-state index contributed by atoms with van der Waals surface area (Å²) in [6, 6.07) is 4.52. The van der Waals surface area contributed by atoms with E-state index in [0.717, 1.165) is 43.9 Å². The van der Waals surface area contributed by atoms with Crippen LogP contribution in [0.25, 0.3) is 5.78 Å². The second-order valence-corrected chi connectivity index (χ2v) is 5.66. The lowest BCUT2D eigenvalue weighted by atomic mass is 10.1. The van der Waals surface area contributed by atoms with Crippen molar-refractivity contribution in [1.82, 2.24) is 29.4 Å². The molecule has 1 saturated heterocycles. The zero-order valence-corrected chi connectivity index (χ0v) is 12.6. The summed E-state index contributed by atoms with van der Waals surface area (Å²) in [6.07, 6.45) is 8.65. The molecule has 0 bridgehead atoms. The van der Waals surface area contributed by atoms with Crippen LogP contribution < -0.4 is 4.90 Å². The molecule has 1 unspecified atom stereocenters. The van der Waals surface area contributed by atoms with Gasteiger partial charge in [0.25, 0.3) is 5.78 Å². The highest BCUT2D eigenvalue weighted by Crippen LogP contribution is 2.26. The Morgan fingerprint density at radius 2 is 2.27 bits per heavy atom. The van der Waals surface area contributed by atoms with E-state index in [9.17, 15) is 0 Å². The molecule has 0 amide bonds. The van der Waals surface area contributed by atoms with Gasteiger partial charge in [-0.3, -0.25) is 4.68 Å². The van der Waals surface area contributed by atoms with E-state index in [1.807, 2.05) is 23.0 Å². The molecule has 4 rings (SSSR count). The summed E-state index contributed by atoms with van der Waals surface area (Å²) in [6.45, 7) is 4.07. The highest BCUT2D eigenvalue weighted by Gasteiger charge is 2.24. The quantitative estimate of drug-likeness (QED) is 0.736. The third-order valence-corrected chi connectivity index (χ3v) is 4.27. The summed E-state index contributed by atoms with van der Waals surface area (Å²) >= 11 is 0. The van der Waals surface area contributed by atoms with Crippen molar-refractivity contribution in [3.05, 3.63) is 36.5 Å². The molecule has 4 heterocycles. The van der Waals surface area contributed by atoms with Crippen LogP contribution in [0.4, 0.5) is 5.82 Å². The number of fused-ring (bicyclic) bond motifs is 1. The fourth-order valence-electron chi connectivity index (χ4n) is 3.13. The topological polar surface area (TPSA) is 64.1 Å². The van der Waals surface area contributed by atoms with Gasteiger partial charge in [0.1, 0.15) is 12.1 Å². The van der Waals surface area contributed by atoms with Gasteiger partial charge in [0.15, 0.2) is 0 Å². The Morgan fingerprint density at radius 1 is 1.32 bits per heavy atom. The van der Waals surface area contributed by atoms with Crippen LogP contribution in [0.15, 0.2) is 30.9 Å². The van der Waals surface area contributed by atoms with E-state index in [1.54, 1.807) is 6.33 Å². The lowest BCUT2D eigenvalue weighted by molar-refractivity contribution is 0.373. The minimum absolute atomic E-state index is 0.403. The van der Waals surface area contributed by atoms with Crippen molar-refractivity contribution in [2.45, 2.75) is 32.2 Å². The van der Waals surface area contributed by atoms with Crippen LogP contribution in [0.3, 0.4) is 0 Å². The number of aromatic nitrogens is 6. The van der Waals surface area contributed by atoms with Gasteiger partial charge < -0.3 is 4.90 Å². The zero-order valence-electron chi connectivity index (χ0n) is 12.6. The third-order valence-electron chi connectivity index (χ3n) is 4.27. The van der Waals surface area contributed by atoms with Gasteiger partial charge >= 0.3 is 0 Å². The molecule has 0 saturated carbocycles. The number of nitrogens with zero attached hydrogens (tertiary/aromatic N) is 7. The first kappa shape index (κ1) is 13.2. The number of piperidine rings is 1. The standard InChI is InChI=1S/C15H19N7/c1-2-12-9-14(22-15(19-12)16-11-18-22)20-7-3-5-13(10-20)21-8-4-6-17-21/h4,6,8-9,11,13H,2-3,5,7,10H2,1H3. The zero-order chi connectivity index (χ0) is 14.9. The summed E-state index contributed by atoms with van der Waals surface area (Å²) in [5, 5.41) is 8.73. The minimum atomic E-state index is 0.403. The van der Waals surface area contributed by atoms with Gasteiger partial charge in [0.2, 0.25) is 0 Å². The first-order chi connectivity index (χ1) is 10.8. The van der Waals surface area contributed by atoms with Crippen LogP contribution in [0, 0.1) is 0 Å². The Hall–Kier alpha value is -2.44. The van der Waals surface area contributed by atoms with E-state index in [4.69, 9.17) is 0 Å². The number of rotatable bonds is 3. The molecule has 0 radical (unpaired) electrons. The molecule has 0 aliphatic carbocycles. The molecule has 1 aliphatic rings. The van der Waals surface area contributed by atoms with E-state index in [2.05, 4.69) is 42.7 Å². The Balaban J connectivity index is 1.70. The predicted molar refractivity (Wildman–Crippen MR) is 82.9 cm³/mol. The average molecular weight is 297 g/mol. The first-order valence-corrected chi connectivity index (χ1v) is 7.79. The third kappa shape index (κ3) is 2.22. The first-order valence-electron chi connectivity index (χ1n) is 7.79. The van der Waals surface area contributed by atoms with Crippen molar-refractivity contribution in [1.29, 1.82) is 0 Å². The van der Waals surface area contributed by atoms with Crippen LogP contribution in [0.2, 0.25) is 0 Å². The molecule has 7 heteroatoms. The maximum absolute atomic E-state index is 4.52. The Kier molecular flexibility index (Phi) is 3.25. The second kappa shape index (κ2) is 5.40. The number of aryl methyl sites for hydroxylation is 1. The van der Waals surface area contributed by atoms with Crippen LogP contribution >= 0.6 is 0 Å². The van der Waals surface area contributed by atoms with Crippen molar-refractivity contribution in [2.75, 3.05) is 18.0 Å². The molecular formula is C15H19N7. The van der Waals surface area contributed by atoms with Gasteiger partial charge in [-0.15, -0.1) is 0 Å². The molecule has 0 N–H and O–H groups in total. The predicted octanol–water partition coefficient (Wildman–Crippen LogP) is 1.72. The van der Waals surface area contributed by atoms with Crippen molar-refractivity contribution >= 4 is 11.6 Å². The molecule has 22 heavy (non-hydrogen) atoms. The lowest BCUT2D eigenvalue weighted by Gasteiger charge is -2.34. The summed E-state index contributed by atoms with van der Waals surface area (Å²) in [5.41, 5.74) is 1.05. The summed E-state index contributed by atoms with van der Waals surface area (Å²) in [5.74, 6) is 1.76. The highest BCUT2D eigenvalue weighted by molar-refractivity contribution is 5.47. The summed E-state index contributed by atoms with van der Waals surface area (Å²) in [7, 11) is 0. The van der Waals surface area contributed by atoms with Crippen LogP contribution in [-0.2, 0) is 6.42 Å². The Morgan fingerprint density at radius 3 is 3.09 bits per heavy atom. The molecular weight excluding hydrogens is 278 g/mol. The lowest BCUT2D eigenvalue weighted by Crippen LogP contribution is -2.38. The fourth-order valence-corrected chi connectivity index (χ4v) is 3.13. The van der Waals surface area contributed by atoms with E-state index in [-0.39, 0.29) is 0 Å². The summed E-state index contributed by atoms with van der Waals surface area (Å²) in [4.78, 5) is 11.1. The molecule has 1 atom stereocenters. The minimum Gasteiger partial charge on any atom is -0.354 e. The van der Waals surface area contributed by atoms with Crippen molar-refractivity contribution in [3.63, 3.8) is 0 Å². The molecule has 7 nitrogen and oxygen atoms in total. The molecule has 1 fully saturated rings. The van der Waals surface area contributed by atoms with Gasteiger partial charge in [-0.05, 0) is 25.3 Å². The van der Waals surface area contributed by atoms with E-state index < -0.39 is 0 Å². The number of hydrogen-bond donors (Lipinski definition) is 0. The van der Waals surface area contributed by atoms with Crippen LogP contribution in [-0.4, -0.2) is 42.5 Å². The van der Waals surface area contributed by atoms with Gasteiger partial charge in [0, 0.05) is 37.2 Å². The van der Waals surface area contributed by atoms with Crippen LogP contribution in [0.5, 0.6) is 0 Å². The average Bonchev–Trinajstić information content (AvgIpc) is 3.25. The van der Waals surface area contributed by atoms with Gasteiger partial charge in [0.05, 0.1) is 6.04 Å². The molecule has 0 aromatic carbocycles. The molecule has 3 aromatic heterocycles. The normalized spacial score (nSPS) is 19.0. The molecule has 1 aliphatic heterocycles. The fraction of sp³-hybridized carbons (Fsp3) is 0.467. The molecule has 0 spiro atoms. The Bertz CT molecular complexity index is 761. The summed E-state index contributed by atoms with van der Waals surface area (Å²) < 4.78 is 3.90. The van der Waals surface area contributed by atoms with Crippen molar-refractivity contribution in [2.24, 2.45) is 0 Å². The SMILES string of the molecule is CCc1cc(N2CCCC(n3cccn3)C2)n2ncnc2n1. The highest BCUT2D eigenvalue weighted by atomic mass is 15.4. The largest absolute Gasteiger partial charge is 0.354 e. The van der Waals surface area contributed by atoms with E-state index >= 15 is 0 Å². The molecule has 3 aromatic rings. The van der Waals surface area contributed by atoms with E-state index in [1.165, 1.54) is 0 Å². The second-order valence-electron chi connectivity index (χ2n) is 5.66. The van der Waals surface area contributed by atoms with Gasteiger partial charge in [-0.25, -0.2) is 4.98 Å². The van der Waals surface area contributed by atoms with Gasteiger partial charge in [-0.2, -0.15) is 19.7 Å².